The Hall–Kier alpha value is 0.765. The summed E-state index contributed by atoms with van der Waals surface area (Å²) in [6.07, 6.45) is 0. The first-order valence-electron chi connectivity index (χ1n) is 1.33. The van der Waals surface area contributed by atoms with Crippen molar-refractivity contribution in [2.75, 3.05) is 0 Å². The van der Waals surface area contributed by atoms with E-state index >= 15 is 0 Å². The van der Waals surface area contributed by atoms with E-state index in [0.717, 1.165) is 0 Å². The molecule has 0 aromatic heterocycles. The van der Waals surface area contributed by atoms with Crippen molar-refractivity contribution in [2.24, 2.45) is 0 Å². The van der Waals surface area contributed by atoms with E-state index in [9.17, 15) is 0 Å². The summed E-state index contributed by atoms with van der Waals surface area (Å²) in [6.45, 7) is 0. The van der Waals surface area contributed by atoms with Crippen LogP contribution in [0.25, 0.3) is 0 Å². The van der Waals surface area contributed by atoms with Gasteiger partial charge in [-0.15, -0.1) is 0 Å². The monoisotopic (exact) mass is 262 g/mol. The first kappa shape index (κ1) is 29.2. The predicted molar refractivity (Wildman–Crippen MR) is 33.1 cm³/mol. The van der Waals surface area contributed by atoms with Gasteiger partial charge in [0.25, 0.3) is 0 Å². The van der Waals surface area contributed by atoms with Crippen molar-refractivity contribution in [3.8, 4) is 0 Å². The summed E-state index contributed by atoms with van der Waals surface area (Å²) in [4.78, 5) is 0. The summed E-state index contributed by atoms with van der Waals surface area (Å²) in [7, 11) is -10.3. The van der Waals surface area contributed by atoms with E-state index in [1.54, 1.807) is 0 Å². The van der Waals surface area contributed by atoms with Crippen LogP contribution in [0.4, 0.5) is 0 Å². The minimum Gasteiger partial charge on any atom is -2.00 e. The van der Waals surface area contributed by atoms with Crippen LogP contribution in [-0.2, 0) is 26.3 Å². The molecule has 0 saturated carbocycles. The molecule has 13 heteroatoms. The van der Waals surface area contributed by atoms with Gasteiger partial charge in [0.15, 0.2) is 0 Å². The van der Waals surface area contributed by atoms with Crippen LogP contribution in [0.15, 0.2) is 0 Å². The molecule has 0 atom stereocenters. The SMILES string of the molecule is O=S(=O)([O-])[O-].O=S(=O)([O-])[O-].[Al+3].[Al+3].[O-2]. The van der Waals surface area contributed by atoms with Crippen molar-refractivity contribution < 1.29 is 40.5 Å². The van der Waals surface area contributed by atoms with E-state index in [0.29, 0.717) is 0 Å². The summed E-state index contributed by atoms with van der Waals surface area (Å²) in [6, 6.07) is 0. The van der Waals surface area contributed by atoms with Crippen molar-refractivity contribution in [3.05, 3.63) is 0 Å². The first-order chi connectivity index (χ1) is 4.00. The van der Waals surface area contributed by atoms with Gasteiger partial charge in [-0.25, -0.2) is 0 Å². The van der Waals surface area contributed by atoms with Gasteiger partial charge in [-0.1, -0.05) is 0 Å². The molecule has 0 amide bonds. The number of rotatable bonds is 0. The quantitative estimate of drug-likeness (QED) is 0.243. The molecular formula is Al2O9S2. The van der Waals surface area contributed by atoms with E-state index < -0.39 is 20.8 Å². The fourth-order valence-corrected chi connectivity index (χ4v) is 0. The average Bonchev–Trinajstić information content (AvgIpc) is 1.12. The van der Waals surface area contributed by atoms with E-state index in [1.165, 1.54) is 0 Å². The fourth-order valence-electron chi connectivity index (χ4n) is 0. The minimum atomic E-state index is -5.17. The largest absolute Gasteiger partial charge is 3.00 e. The molecule has 0 unspecified atom stereocenters. The molecule has 0 fully saturated rings. The molecule has 0 radical (unpaired) electrons. The molecule has 0 spiro atoms. The summed E-state index contributed by atoms with van der Waals surface area (Å²) < 4.78 is 68.2. The minimum absolute atomic E-state index is 0. The summed E-state index contributed by atoms with van der Waals surface area (Å²) in [5.74, 6) is 0. The molecule has 0 rings (SSSR count). The molecule has 0 aliphatic heterocycles. The van der Waals surface area contributed by atoms with E-state index in [4.69, 9.17) is 35.0 Å². The van der Waals surface area contributed by atoms with Crippen LogP contribution in [0.3, 0.4) is 0 Å². The molecule has 0 aliphatic carbocycles. The van der Waals surface area contributed by atoms with Crippen molar-refractivity contribution in [2.45, 2.75) is 0 Å². The van der Waals surface area contributed by atoms with Crippen LogP contribution in [0.2, 0.25) is 0 Å². The standard InChI is InChI=1S/2Al.2H2O4S.O/c;;2*1-5(2,3)4;/h;;2*(H2,1,2,3,4);/q2*+3;;;-2/p-4. The van der Waals surface area contributed by atoms with Gasteiger partial charge < -0.3 is 23.7 Å². The third kappa shape index (κ3) is 2530. The van der Waals surface area contributed by atoms with Gasteiger partial charge in [-0.05, 0) is 0 Å². The van der Waals surface area contributed by atoms with Gasteiger partial charge in [-0.2, -0.15) is 0 Å². The van der Waals surface area contributed by atoms with Crippen LogP contribution in [0.5, 0.6) is 0 Å². The van der Waals surface area contributed by atoms with E-state index in [1.807, 2.05) is 0 Å². The second kappa shape index (κ2) is 10.8. The molecule has 0 N–H and O–H groups in total. The summed E-state index contributed by atoms with van der Waals surface area (Å²) in [5, 5.41) is 0. The molecule has 0 heterocycles. The van der Waals surface area contributed by atoms with Gasteiger partial charge in [0.05, 0.1) is 0 Å². The van der Waals surface area contributed by atoms with Crippen LogP contribution < -0.4 is 0 Å². The second-order valence-electron chi connectivity index (χ2n) is 0.816. The Labute approximate surface area is 95.9 Å². The van der Waals surface area contributed by atoms with E-state index in [-0.39, 0.29) is 40.2 Å². The zero-order valence-electron chi connectivity index (χ0n) is 5.65. The predicted octanol–water partition coefficient (Wildman–Crippen LogP) is -3.56. The molecule has 0 aliphatic rings. The number of hydrogen-bond acceptors (Lipinski definition) is 8. The zero-order valence-corrected chi connectivity index (χ0v) is 9.59. The summed E-state index contributed by atoms with van der Waals surface area (Å²) in [5.41, 5.74) is 0. The molecule has 0 aromatic carbocycles. The van der Waals surface area contributed by atoms with E-state index in [2.05, 4.69) is 0 Å². The Morgan fingerprint density at radius 1 is 0.615 bits per heavy atom. The van der Waals surface area contributed by atoms with Gasteiger partial charge in [0.1, 0.15) is 0 Å². The third-order valence-electron chi connectivity index (χ3n) is 0. The maximum absolute atomic E-state index is 8.52. The molecule has 13 heavy (non-hydrogen) atoms. The van der Waals surface area contributed by atoms with Gasteiger partial charge >= 0.3 is 34.7 Å². The number of hydrogen-bond donors (Lipinski definition) is 0. The Morgan fingerprint density at radius 2 is 0.615 bits per heavy atom. The second-order valence-corrected chi connectivity index (χ2v) is 2.45. The Bertz CT molecular complexity index is 212. The Morgan fingerprint density at radius 3 is 0.615 bits per heavy atom. The van der Waals surface area contributed by atoms with Gasteiger partial charge in [0.2, 0.25) is 0 Å². The molecular weight excluding hydrogens is 262 g/mol. The Kier molecular flexibility index (Phi) is 24.4. The van der Waals surface area contributed by atoms with Crippen molar-refractivity contribution in [1.82, 2.24) is 0 Å². The third-order valence-corrected chi connectivity index (χ3v) is 0. The first-order valence-corrected chi connectivity index (χ1v) is 4.00. The molecule has 0 saturated heterocycles. The maximum Gasteiger partial charge on any atom is 3.00 e. The zero-order chi connectivity index (χ0) is 9.00. The molecule has 0 bridgehead atoms. The molecule has 9 nitrogen and oxygen atoms in total. The molecule has 0 aromatic rings. The Balaban J connectivity index is -0.0000000267. The normalized spacial score (nSPS) is 8.92. The maximum atomic E-state index is 8.52. The van der Waals surface area contributed by atoms with Crippen LogP contribution in [-0.4, -0.2) is 69.8 Å². The van der Waals surface area contributed by atoms with Crippen molar-refractivity contribution in [3.63, 3.8) is 0 Å². The van der Waals surface area contributed by atoms with Crippen LogP contribution in [0.1, 0.15) is 0 Å². The van der Waals surface area contributed by atoms with Crippen molar-refractivity contribution in [1.29, 1.82) is 0 Å². The topological polar surface area (TPSA) is 189 Å². The smallest absolute Gasteiger partial charge is 2.00 e. The van der Waals surface area contributed by atoms with Gasteiger partial charge in [0, 0.05) is 20.8 Å². The van der Waals surface area contributed by atoms with Gasteiger partial charge in [-0.3, -0.25) is 16.8 Å². The van der Waals surface area contributed by atoms with Crippen LogP contribution >= 0.6 is 0 Å². The summed E-state index contributed by atoms with van der Waals surface area (Å²) >= 11 is 0. The average molecular weight is 262 g/mol. The van der Waals surface area contributed by atoms with Crippen LogP contribution in [0, 0.1) is 0 Å². The molecule has 72 valence electrons. The fraction of sp³-hybridized carbons (Fsp3) is 0. The van der Waals surface area contributed by atoms with Crippen molar-refractivity contribution >= 4 is 55.5 Å².